The highest BCUT2D eigenvalue weighted by Crippen LogP contribution is 2.25. The van der Waals surface area contributed by atoms with E-state index in [1.54, 1.807) is 7.11 Å². The van der Waals surface area contributed by atoms with Crippen molar-refractivity contribution in [3.63, 3.8) is 0 Å². The molecule has 0 aliphatic carbocycles. The summed E-state index contributed by atoms with van der Waals surface area (Å²) in [6.07, 6.45) is 0. The van der Waals surface area contributed by atoms with Crippen LogP contribution in [0.25, 0.3) is 0 Å². The van der Waals surface area contributed by atoms with Crippen LogP contribution in [0.1, 0.15) is 0 Å². The molecule has 1 aromatic carbocycles. The van der Waals surface area contributed by atoms with Crippen LogP contribution in [0.15, 0.2) is 24.3 Å². The lowest BCUT2D eigenvalue weighted by Crippen LogP contribution is -2.48. The van der Waals surface area contributed by atoms with E-state index in [2.05, 4.69) is 10.2 Å². The molecule has 5 heteroatoms. The fourth-order valence-corrected chi connectivity index (χ4v) is 1.91. The molecule has 1 saturated heterocycles. The third-order valence-corrected chi connectivity index (χ3v) is 2.85. The Bertz CT molecular complexity index is 409. The molecule has 1 N–H and O–H groups in total. The van der Waals surface area contributed by atoms with Crippen molar-refractivity contribution in [2.75, 3.05) is 39.9 Å². The molecule has 0 saturated carbocycles. The largest absolute Gasteiger partial charge is 0.493 e. The number of benzene rings is 1. The lowest BCUT2D eigenvalue weighted by Gasteiger charge is -2.26. The molecule has 0 radical (unpaired) electrons. The van der Waals surface area contributed by atoms with Crippen LogP contribution < -0.4 is 14.8 Å². The molecule has 1 amide bonds. The van der Waals surface area contributed by atoms with Crippen LogP contribution in [0, 0.1) is 0 Å². The van der Waals surface area contributed by atoms with E-state index in [0.29, 0.717) is 19.7 Å². The Morgan fingerprint density at radius 3 is 2.83 bits per heavy atom. The number of rotatable bonds is 5. The van der Waals surface area contributed by atoms with Crippen LogP contribution in [0.5, 0.6) is 11.5 Å². The number of para-hydroxylation sites is 2. The molecule has 0 unspecified atom stereocenters. The minimum absolute atomic E-state index is 0.0820. The fourth-order valence-electron chi connectivity index (χ4n) is 1.91. The van der Waals surface area contributed by atoms with Gasteiger partial charge in [-0.25, -0.2) is 0 Å². The van der Waals surface area contributed by atoms with Crippen molar-refractivity contribution in [1.82, 2.24) is 10.2 Å². The van der Waals surface area contributed by atoms with E-state index in [4.69, 9.17) is 9.47 Å². The van der Waals surface area contributed by atoms with Crippen molar-refractivity contribution < 1.29 is 14.3 Å². The Balaban J connectivity index is 1.79. The Kier molecular flexibility index (Phi) is 4.41. The van der Waals surface area contributed by atoms with E-state index in [1.165, 1.54) is 0 Å². The van der Waals surface area contributed by atoms with Crippen LogP contribution in [0.3, 0.4) is 0 Å². The molecule has 2 rings (SSSR count). The van der Waals surface area contributed by atoms with Gasteiger partial charge in [0.25, 0.3) is 0 Å². The first-order chi connectivity index (χ1) is 8.79. The van der Waals surface area contributed by atoms with Gasteiger partial charge in [0.1, 0.15) is 6.61 Å². The Morgan fingerprint density at radius 2 is 2.11 bits per heavy atom. The van der Waals surface area contributed by atoms with Gasteiger partial charge >= 0.3 is 0 Å². The molecule has 1 aromatic rings. The van der Waals surface area contributed by atoms with Crippen molar-refractivity contribution in [3.8, 4) is 11.5 Å². The number of carbonyl (C=O) groups excluding carboxylic acids is 1. The molecule has 1 fully saturated rings. The standard InChI is InChI=1S/C13H18N2O3/c1-17-11-4-2-3-5-12(11)18-9-8-15-7-6-14-13(16)10-15/h2-5H,6-10H2,1H3,(H,14,16). The number of ether oxygens (including phenoxy) is 2. The number of amides is 1. The average molecular weight is 250 g/mol. The monoisotopic (exact) mass is 250 g/mol. The number of piperazine rings is 1. The van der Waals surface area contributed by atoms with Gasteiger partial charge in [-0.15, -0.1) is 0 Å². The van der Waals surface area contributed by atoms with Gasteiger partial charge < -0.3 is 14.8 Å². The number of hydrogen-bond donors (Lipinski definition) is 1. The maximum absolute atomic E-state index is 11.2. The molecule has 98 valence electrons. The predicted octanol–water partition coefficient (Wildman–Crippen LogP) is 0.506. The maximum Gasteiger partial charge on any atom is 0.234 e. The molecule has 0 aromatic heterocycles. The number of carbonyl (C=O) groups is 1. The summed E-state index contributed by atoms with van der Waals surface area (Å²) in [5.41, 5.74) is 0. The number of hydrogen-bond acceptors (Lipinski definition) is 4. The second-order valence-electron chi connectivity index (χ2n) is 4.13. The topological polar surface area (TPSA) is 50.8 Å². The minimum atomic E-state index is 0.0820. The second-order valence-corrected chi connectivity index (χ2v) is 4.13. The van der Waals surface area contributed by atoms with Crippen LogP contribution in [-0.2, 0) is 4.79 Å². The normalized spacial score (nSPS) is 16.2. The molecule has 0 spiro atoms. The fraction of sp³-hybridized carbons (Fsp3) is 0.462. The lowest BCUT2D eigenvalue weighted by atomic mass is 10.3. The van der Waals surface area contributed by atoms with Crippen LogP contribution in [0.2, 0.25) is 0 Å². The smallest absolute Gasteiger partial charge is 0.234 e. The van der Waals surface area contributed by atoms with Gasteiger partial charge in [-0.2, -0.15) is 0 Å². The molecule has 18 heavy (non-hydrogen) atoms. The second kappa shape index (κ2) is 6.26. The summed E-state index contributed by atoms with van der Waals surface area (Å²) in [5, 5.41) is 2.80. The van der Waals surface area contributed by atoms with Crippen LogP contribution >= 0.6 is 0 Å². The highest BCUT2D eigenvalue weighted by Gasteiger charge is 2.15. The molecule has 1 aliphatic heterocycles. The predicted molar refractivity (Wildman–Crippen MR) is 67.9 cm³/mol. The van der Waals surface area contributed by atoms with Crippen molar-refractivity contribution >= 4 is 5.91 Å². The molecular weight excluding hydrogens is 232 g/mol. The zero-order valence-electron chi connectivity index (χ0n) is 10.5. The van der Waals surface area contributed by atoms with Crippen molar-refractivity contribution in [3.05, 3.63) is 24.3 Å². The van der Waals surface area contributed by atoms with Gasteiger partial charge in [0.2, 0.25) is 5.91 Å². The van der Waals surface area contributed by atoms with Gasteiger partial charge in [0.15, 0.2) is 11.5 Å². The third-order valence-electron chi connectivity index (χ3n) is 2.85. The number of nitrogens with zero attached hydrogens (tertiary/aromatic N) is 1. The number of methoxy groups -OCH3 is 1. The Morgan fingerprint density at radius 1 is 1.33 bits per heavy atom. The van der Waals surface area contributed by atoms with Gasteiger partial charge in [0.05, 0.1) is 13.7 Å². The summed E-state index contributed by atoms with van der Waals surface area (Å²) in [4.78, 5) is 13.3. The van der Waals surface area contributed by atoms with Crippen molar-refractivity contribution in [2.24, 2.45) is 0 Å². The minimum Gasteiger partial charge on any atom is -0.493 e. The van der Waals surface area contributed by atoms with E-state index in [9.17, 15) is 4.79 Å². The van der Waals surface area contributed by atoms with Crippen LogP contribution in [-0.4, -0.2) is 50.7 Å². The molecule has 5 nitrogen and oxygen atoms in total. The van der Waals surface area contributed by atoms with Crippen molar-refractivity contribution in [1.29, 1.82) is 0 Å². The number of nitrogens with one attached hydrogen (secondary N) is 1. The summed E-state index contributed by atoms with van der Waals surface area (Å²) in [6.45, 7) is 3.34. The quantitative estimate of drug-likeness (QED) is 0.827. The lowest BCUT2D eigenvalue weighted by molar-refractivity contribution is -0.124. The molecule has 1 heterocycles. The summed E-state index contributed by atoms with van der Waals surface area (Å²) >= 11 is 0. The van der Waals surface area contributed by atoms with Gasteiger partial charge in [0, 0.05) is 19.6 Å². The van der Waals surface area contributed by atoms with E-state index < -0.39 is 0 Å². The first kappa shape index (κ1) is 12.7. The Hall–Kier alpha value is -1.75. The van der Waals surface area contributed by atoms with E-state index in [-0.39, 0.29) is 5.91 Å². The van der Waals surface area contributed by atoms with E-state index in [1.807, 2.05) is 24.3 Å². The molecule has 1 aliphatic rings. The summed E-state index contributed by atoms with van der Waals surface area (Å²) in [6, 6.07) is 7.55. The highest BCUT2D eigenvalue weighted by molar-refractivity contribution is 5.78. The molecule has 0 bridgehead atoms. The van der Waals surface area contributed by atoms with Gasteiger partial charge in [-0.3, -0.25) is 9.69 Å². The van der Waals surface area contributed by atoms with E-state index in [0.717, 1.165) is 24.6 Å². The van der Waals surface area contributed by atoms with E-state index >= 15 is 0 Å². The highest BCUT2D eigenvalue weighted by atomic mass is 16.5. The van der Waals surface area contributed by atoms with Crippen LogP contribution in [0.4, 0.5) is 0 Å². The third kappa shape index (κ3) is 3.37. The summed E-state index contributed by atoms with van der Waals surface area (Å²) < 4.78 is 10.9. The van der Waals surface area contributed by atoms with Gasteiger partial charge in [-0.1, -0.05) is 12.1 Å². The molecule has 0 atom stereocenters. The summed E-state index contributed by atoms with van der Waals surface area (Å²) in [7, 11) is 1.62. The van der Waals surface area contributed by atoms with Gasteiger partial charge in [-0.05, 0) is 12.1 Å². The molecular formula is C13H18N2O3. The SMILES string of the molecule is COc1ccccc1OCCN1CCNC(=O)C1. The summed E-state index contributed by atoms with van der Waals surface area (Å²) in [5.74, 6) is 1.55. The maximum atomic E-state index is 11.2. The average Bonchev–Trinajstić information content (AvgIpc) is 2.39. The zero-order chi connectivity index (χ0) is 12.8. The first-order valence-electron chi connectivity index (χ1n) is 6.04. The Labute approximate surface area is 107 Å². The zero-order valence-corrected chi connectivity index (χ0v) is 10.5. The first-order valence-corrected chi connectivity index (χ1v) is 6.04. The van der Waals surface area contributed by atoms with Crippen molar-refractivity contribution in [2.45, 2.75) is 0 Å².